The summed E-state index contributed by atoms with van der Waals surface area (Å²) in [6.45, 7) is 5.11. The summed E-state index contributed by atoms with van der Waals surface area (Å²) in [5, 5.41) is 7.30. The summed E-state index contributed by atoms with van der Waals surface area (Å²) in [6.07, 6.45) is 3.63. The van der Waals surface area contributed by atoms with E-state index in [-0.39, 0.29) is 0 Å². The van der Waals surface area contributed by atoms with Gasteiger partial charge >= 0.3 is 0 Å². The molecule has 21 heavy (non-hydrogen) atoms. The van der Waals surface area contributed by atoms with Gasteiger partial charge in [-0.25, -0.2) is 5.10 Å². The predicted octanol–water partition coefficient (Wildman–Crippen LogP) is 3.42. The number of nitrogens with one attached hydrogen (secondary N) is 1. The van der Waals surface area contributed by atoms with E-state index >= 15 is 0 Å². The maximum absolute atomic E-state index is 5.27. The van der Waals surface area contributed by atoms with Crippen molar-refractivity contribution in [3.8, 4) is 0 Å². The van der Waals surface area contributed by atoms with Crippen LogP contribution in [0.2, 0.25) is 0 Å². The van der Waals surface area contributed by atoms with Crippen molar-refractivity contribution in [1.29, 1.82) is 0 Å². The van der Waals surface area contributed by atoms with E-state index in [1.807, 2.05) is 0 Å². The first-order valence-corrected chi connectivity index (χ1v) is 8.13. The second-order valence-electron chi connectivity index (χ2n) is 5.69. The number of rotatable bonds is 4. The summed E-state index contributed by atoms with van der Waals surface area (Å²) < 4.78 is 2.80. The van der Waals surface area contributed by atoms with Crippen LogP contribution < -0.4 is 4.90 Å². The molecule has 1 saturated heterocycles. The first kappa shape index (κ1) is 14.3. The standard InChI is InChI=1S/C16H22N4S/c1-2-20-15(17-18-16(20)21)19-10-8-14(9-11-19)12-13-6-4-3-5-7-13/h3-7,14H,2,8-12H2,1H3,(H,18,21). The normalized spacial score (nSPS) is 16.3. The van der Waals surface area contributed by atoms with Crippen LogP contribution in [-0.2, 0) is 13.0 Å². The second kappa shape index (κ2) is 6.43. The molecule has 0 aliphatic carbocycles. The summed E-state index contributed by atoms with van der Waals surface area (Å²) in [5.41, 5.74) is 1.45. The van der Waals surface area contributed by atoms with Gasteiger partial charge in [0.05, 0.1) is 0 Å². The Bertz CT molecular complexity index is 623. The average Bonchev–Trinajstić information content (AvgIpc) is 2.90. The zero-order valence-electron chi connectivity index (χ0n) is 12.5. The molecule has 1 N–H and O–H groups in total. The molecule has 0 spiro atoms. The molecular weight excluding hydrogens is 280 g/mol. The molecular formula is C16H22N4S. The topological polar surface area (TPSA) is 36.9 Å². The Balaban J connectivity index is 1.61. The van der Waals surface area contributed by atoms with Gasteiger partial charge in [0, 0.05) is 19.6 Å². The lowest BCUT2D eigenvalue weighted by molar-refractivity contribution is 0.398. The molecule has 3 rings (SSSR count). The lowest BCUT2D eigenvalue weighted by Gasteiger charge is -2.32. The zero-order valence-corrected chi connectivity index (χ0v) is 13.3. The van der Waals surface area contributed by atoms with Gasteiger partial charge in [0.1, 0.15) is 0 Å². The fraction of sp³-hybridized carbons (Fsp3) is 0.500. The lowest BCUT2D eigenvalue weighted by atomic mass is 9.90. The Hall–Kier alpha value is -1.62. The molecule has 1 aromatic heterocycles. The van der Waals surface area contributed by atoms with E-state index in [4.69, 9.17) is 12.2 Å². The van der Waals surface area contributed by atoms with Gasteiger partial charge in [0.15, 0.2) is 4.77 Å². The van der Waals surface area contributed by atoms with E-state index in [1.54, 1.807) is 0 Å². The van der Waals surface area contributed by atoms with Crippen molar-refractivity contribution in [3.63, 3.8) is 0 Å². The number of aromatic amines is 1. The van der Waals surface area contributed by atoms with Crippen molar-refractivity contribution in [2.45, 2.75) is 32.7 Å². The number of hydrogen-bond acceptors (Lipinski definition) is 3. The Morgan fingerprint density at radius 2 is 1.95 bits per heavy atom. The Labute approximate surface area is 130 Å². The first-order valence-electron chi connectivity index (χ1n) is 7.72. The van der Waals surface area contributed by atoms with Gasteiger partial charge in [-0.2, -0.15) is 0 Å². The summed E-state index contributed by atoms with van der Waals surface area (Å²) in [6, 6.07) is 10.8. The Kier molecular flexibility index (Phi) is 4.39. The number of benzene rings is 1. The Morgan fingerprint density at radius 1 is 1.24 bits per heavy atom. The highest BCUT2D eigenvalue weighted by atomic mass is 32.1. The van der Waals surface area contributed by atoms with Crippen molar-refractivity contribution in [1.82, 2.24) is 14.8 Å². The molecule has 0 radical (unpaired) electrons. The highest BCUT2D eigenvalue weighted by molar-refractivity contribution is 7.71. The minimum Gasteiger partial charge on any atom is -0.341 e. The van der Waals surface area contributed by atoms with Crippen LogP contribution in [0.5, 0.6) is 0 Å². The molecule has 5 heteroatoms. The van der Waals surface area contributed by atoms with Crippen molar-refractivity contribution >= 4 is 18.2 Å². The summed E-state index contributed by atoms with van der Waals surface area (Å²) in [7, 11) is 0. The monoisotopic (exact) mass is 302 g/mol. The molecule has 112 valence electrons. The molecule has 0 amide bonds. The maximum Gasteiger partial charge on any atom is 0.225 e. The fourth-order valence-electron chi connectivity index (χ4n) is 3.12. The molecule has 2 aromatic rings. The van der Waals surface area contributed by atoms with E-state index in [1.165, 1.54) is 24.8 Å². The minimum absolute atomic E-state index is 0.721. The molecule has 4 nitrogen and oxygen atoms in total. The highest BCUT2D eigenvalue weighted by Crippen LogP contribution is 2.24. The van der Waals surface area contributed by atoms with Crippen LogP contribution in [0.4, 0.5) is 5.95 Å². The van der Waals surface area contributed by atoms with Crippen molar-refractivity contribution in [2.75, 3.05) is 18.0 Å². The molecule has 1 aliphatic heterocycles. The zero-order chi connectivity index (χ0) is 14.7. The molecule has 0 bridgehead atoms. The predicted molar refractivity (Wildman–Crippen MR) is 88.2 cm³/mol. The number of H-pyrrole nitrogens is 1. The quantitative estimate of drug-likeness (QED) is 0.879. The van der Waals surface area contributed by atoms with Crippen LogP contribution in [-0.4, -0.2) is 27.9 Å². The van der Waals surface area contributed by atoms with Gasteiger partial charge in [0.25, 0.3) is 0 Å². The SMILES string of the molecule is CCn1c(N2CCC(Cc3ccccc3)CC2)n[nH]c1=S. The van der Waals surface area contributed by atoms with Gasteiger partial charge in [-0.05, 0) is 49.9 Å². The number of nitrogens with zero attached hydrogens (tertiary/aromatic N) is 3. The van der Waals surface area contributed by atoms with E-state index < -0.39 is 0 Å². The third-order valence-electron chi connectivity index (χ3n) is 4.32. The third kappa shape index (κ3) is 3.18. The smallest absolute Gasteiger partial charge is 0.225 e. The van der Waals surface area contributed by atoms with Gasteiger partial charge in [-0.3, -0.25) is 4.57 Å². The highest BCUT2D eigenvalue weighted by Gasteiger charge is 2.22. The summed E-state index contributed by atoms with van der Waals surface area (Å²) in [5.74, 6) is 1.78. The minimum atomic E-state index is 0.721. The van der Waals surface area contributed by atoms with Gasteiger partial charge in [0.2, 0.25) is 5.95 Å². The van der Waals surface area contributed by atoms with Crippen molar-refractivity contribution in [3.05, 3.63) is 40.7 Å². The van der Waals surface area contributed by atoms with E-state index in [0.717, 1.165) is 36.3 Å². The van der Waals surface area contributed by atoms with Crippen molar-refractivity contribution < 1.29 is 0 Å². The van der Waals surface area contributed by atoms with Crippen LogP contribution in [0.25, 0.3) is 0 Å². The maximum atomic E-state index is 5.27. The molecule has 0 atom stereocenters. The van der Waals surface area contributed by atoms with E-state index in [0.29, 0.717) is 0 Å². The summed E-state index contributed by atoms with van der Waals surface area (Å²) in [4.78, 5) is 2.36. The van der Waals surface area contributed by atoms with Crippen LogP contribution in [0.3, 0.4) is 0 Å². The lowest BCUT2D eigenvalue weighted by Crippen LogP contribution is -2.36. The van der Waals surface area contributed by atoms with Crippen LogP contribution in [0, 0.1) is 10.7 Å². The fourth-order valence-corrected chi connectivity index (χ4v) is 3.38. The van der Waals surface area contributed by atoms with Gasteiger partial charge < -0.3 is 4.90 Å². The van der Waals surface area contributed by atoms with Crippen LogP contribution >= 0.6 is 12.2 Å². The molecule has 0 saturated carbocycles. The second-order valence-corrected chi connectivity index (χ2v) is 6.08. The first-order chi connectivity index (χ1) is 10.3. The molecule has 1 aromatic carbocycles. The number of anilines is 1. The van der Waals surface area contributed by atoms with E-state index in [2.05, 4.69) is 56.9 Å². The molecule has 1 aliphatic rings. The number of aromatic nitrogens is 3. The number of piperidine rings is 1. The third-order valence-corrected chi connectivity index (χ3v) is 4.63. The van der Waals surface area contributed by atoms with E-state index in [9.17, 15) is 0 Å². The largest absolute Gasteiger partial charge is 0.341 e. The summed E-state index contributed by atoms with van der Waals surface area (Å²) >= 11 is 5.27. The Morgan fingerprint density at radius 3 is 2.62 bits per heavy atom. The van der Waals surface area contributed by atoms with Crippen molar-refractivity contribution in [2.24, 2.45) is 5.92 Å². The van der Waals surface area contributed by atoms with Crippen LogP contribution in [0.15, 0.2) is 30.3 Å². The van der Waals surface area contributed by atoms with Gasteiger partial charge in [-0.1, -0.05) is 30.3 Å². The average molecular weight is 302 g/mol. The van der Waals surface area contributed by atoms with Crippen LogP contribution in [0.1, 0.15) is 25.3 Å². The molecule has 1 fully saturated rings. The number of hydrogen-bond donors (Lipinski definition) is 1. The molecule has 2 heterocycles. The van der Waals surface area contributed by atoms with Gasteiger partial charge in [-0.15, -0.1) is 5.10 Å². The molecule has 0 unspecified atom stereocenters.